The number of carbonyl (C=O) groups is 2. The SMILES string of the molecule is Cc1ccc(CN(C(=O)Cc2cc(C)cc(C)c2)[C@@H](Cc2ccccc2)C(=O)NC2CCCCC2)cc1. The van der Waals surface area contributed by atoms with Gasteiger partial charge in [0.25, 0.3) is 0 Å². The van der Waals surface area contributed by atoms with Crippen LogP contribution in [0.5, 0.6) is 0 Å². The molecule has 4 rings (SSSR count). The van der Waals surface area contributed by atoms with E-state index in [2.05, 4.69) is 68.6 Å². The number of benzene rings is 3. The summed E-state index contributed by atoms with van der Waals surface area (Å²) in [7, 11) is 0. The molecule has 1 aliphatic rings. The quantitative estimate of drug-likeness (QED) is 0.381. The van der Waals surface area contributed by atoms with Crippen molar-refractivity contribution in [1.29, 1.82) is 0 Å². The van der Waals surface area contributed by atoms with Gasteiger partial charge in [-0.1, -0.05) is 109 Å². The zero-order valence-electron chi connectivity index (χ0n) is 22.5. The van der Waals surface area contributed by atoms with Gasteiger partial charge in [0.1, 0.15) is 6.04 Å². The van der Waals surface area contributed by atoms with Gasteiger partial charge in [-0.3, -0.25) is 9.59 Å². The summed E-state index contributed by atoms with van der Waals surface area (Å²) in [5.41, 5.74) is 6.53. The van der Waals surface area contributed by atoms with E-state index in [-0.39, 0.29) is 24.3 Å². The molecule has 0 bridgehead atoms. The maximum atomic E-state index is 14.0. The molecule has 1 fully saturated rings. The lowest BCUT2D eigenvalue weighted by Gasteiger charge is -2.33. The standard InChI is InChI=1S/C33H40N2O2/c1-24-14-16-28(17-15-24)23-35(32(36)22-29-19-25(2)18-26(3)20-29)31(21-27-10-6-4-7-11-27)33(37)34-30-12-8-5-9-13-30/h4,6-7,10-11,14-20,30-31H,5,8-9,12-13,21-23H2,1-3H3,(H,34,37)/t31-/m0/s1. The van der Waals surface area contributed by atoms with Crippen LogP contribution < -0.4 is 5.32 Å². The fourth-order valence-electron chi connectivity index (χ4n) is 5.44. The molecule has 194 valence electrons. The number of amides is 2. The molecule has 3 aromatic rings. The normalized spacial score (nSPS) is 14.7. The highest BCUT2D eigenvalue weighted by atomic mass is 16.2. The molecule has 3 aromatic carbocycles. The third kappa shape index (κ3) is 7.79. The largest absolute Gasteiger partial charge is 0.352 e. The number of hydrogen-bond donors (Lipinski definition) is 1. The van der Waals surface area contributed by atoms with Crippen LogP contribution in [0, 0.1) is 20.8 Å². The third-order valence-corrected chi connectivity index (χ3v) is 7.33. The van der Waals surface area contributed by atoms with Crippen molar-refractivity contribution in [1.82, 2.24) is 10.2 Å². The van der Waals surface area contributed by atoms with Gasteiger partial charge >= 0.3 is 0 Å². The van der Waals surface area contributed by atoms with E-state index in [9.17, 15) is 9.59 Å². The fourth-order valence-corrected chi connectivity index (χ4v) is 5.44. The van der Waals surface area contributed by atoms with Crippen molar-refractivity contribution < 1.29 is 9.59 Å². The maximum absolute atomic E-state index is 14.0. The Kier molecular flexibility index (Phi) is 9.16. The second kappa shape index (κ2) is 12.7. The average molecular weight is 497 g/mol. The van der Waals surface area contributed by atoms with E-state index >= 15 is 0 Å². The predicted octanol–water partition coefficient (Wildman–Crippen LogP) is 6.24. The first-order valence-electron chi connectivity index (χ1n) is 13.6. The Balaban J connectivity index is 1.66. The van der Waals surface area contributed by atoms with Crippen molar-refractivity contribution in [2.45, 2.75) is 84.3 Å². The first-order valence-corrected chi connectivity index (χ1v) is 13.6. The fraction of sp³-hybridized carbons (Fsp3) is 0.394. The maximum Gasteiger partial charge on any atom is 0.243 e. The number of nitrogens with zero attached hydrogens (tertiary/aromatic N) is 1. The summed E-state index contributed by atoms with van der Waals surface area (Å²) in [5.74, 6) is -0.0677. The van der Waals surface area contributed by atoms with Crippen molar-refractivity contribution in [3.63, 3.8) is 0 Å². The zero-order valence-corrected chi connectivity index (χ0v) is 22.5. The number of nitrogens with one attached hydrogen (secondary N) is 1. The van der Waals surface area contributed by atoms with E-state index in [4.69, 9.17) is 0 Å². The molecule has 0 spiro atoms. The number of aryl methyl sites for hydroxylation is 3. The highest BCUT2D eigenvalue weighted by Gasteiger charge is 2.32. The monoisotopic (exact) mass is 496 g/mol. The highest BCUT2D eigenvalue weighted by molar-refractivity contribution is 5.89. The molecule has 0 heterocycles. The van der Waals surface area contributed by atoms with Crippen LogP contribution in [-0.2, 0) is 29.0 Å². The second-order valence-corrected chi connectivity index (χ2v) is 10.7. The van der Waals surface area contributed by atoms with Crippen LogP contribution in [0.4, 0.5) is 0 Å². The zero-order chi connectivity index (χ0) is 26.2. The molecule has 0 saturated heterocycles. The minimum Gasteiger partial charge on any atom is -0.352 e. The summed E-state index contributed by atoms with van der Waals surface area (Å²) >= 11 is 0. The summed E-state index contributed by atoms with van der Waals surface area (Å²) in [6.07, 6.45) is 6.31. The van der Waals surface area contributed by atoms with E-state index in [0.717, 1.165) is 53.5 Å². The summed E-state index contributed by atoms with van der Waals surface area (Å²) in [5, 5.41) is 3.32. The van der Waals surface area contributed by atoms with E-state index in [1.807, 2.05) is 35.2 Å². The minimum absolute atomic E-state index is 0.0229. The van der Waals surface area contributed by atoms with Crippen LogP contribution in [0.15, 0.2) is 72.8 Å². The number of carbonyl (C=O) groups excluding carboxylic acids is 2. The molecule has 1 aliphatic carbocycles. The topological polar surface area (TPSA) is 49.4 Å². The van der Waals surface area contributed by atoms with Crippen LogP contribution in [0.3, 0.4) is 0 Å². The van der Waals surface area contributed by atoms with Gasteiger partial charge in [0.2, 0.25) is 11.8 Å². The highest BCUT2D eigenvalue weighted by Crippen LogP contribution is 2.21. The summed E-state index contributed by atoms with van der Waals surface area (Å²) in [4.78, 5) is 29.7. The molecular weight excluding hydrogens is 456 g/mol. The van der Waals surface area contributed by atoms with Gasteiger partial charge in [-0.25, -0.2) is 0 Å². The Morgan fingerprint density at radius 1 is 0.784 bits per heavy atom. The van der Waals surface area contributed by atoms with Crippen molar-refractivity contribution in [3.8, 4) is 0 Å². The van der Waals surface area contributed by atoms with Gasteiger partial charge in [-0.2, -0.15) is 0 Å². The smallest absolute Gasteiger partial charge is 0.243 e. The van der Waals surface area contributed by atoms with E-state index in [1.54, 1.807) is 0 Å². The number of rotatable bonds is 9. The molecule has 4 heteroatoms. The lowest BCUT2D eigenvalue weighted by atomic mass is 9.94. The molecule has 0 radical (unpaired) electrons. The average Bonchev–Trinajstić information content (AvgIpc) is 2.87. The van der Waals surface area contributed by atoms with Crippen molar-refractivity contribution in [3.05, 3.63) is 106 Å². The summed E-state index contributed by atoms with van der Waals surface area (Å²) in [6, 6.07) is 24.2. The molecule has 1 N–H and O–H groups in total. The van der Waals surface area contributed by atoms with Crippen LogP contribution in [0.25, 0.3) is 0 Å². The Hall–Kier alpha value is -3.40. The van der Waals surface area contributed by atoms with Gasteiger partial charge in [0, 0.05) is 19.0 Å². The molecule has 4 nitrogen and oxygen atoms in total. The Labute approximate surface area is 222 Å². The summed E-state index contributed by atoms with van der Waals surface area (Å²) < 4.78 is 0. The predicted molar refractivity (Wildman–Crippen MR) is 150 cm³/mol. The second-order valence-electron chi connectivity index (χ2n) is 10.7. The Morgan fingerprint density at radius 3 is 2.08 bits per heavy atom. The van der Waals surface area contributed by atoms with Gasteiger partial charge in [-0.15, -0.1) is 0 Å². The summed E-state index contributed by atoms with van der Waals surface area (Å²) in [6.45, 7) is 6.57. The molecule has 1 saturated carbocycles. The lowest BCUT2D eigenvalue weighted by Crippen LogP contribution is -2.53. The van der Waals surface area contributed by atoms with Gasteiger partial charge in [0.15, 0.2) is 0 Å². The van der Waals surface area contributed by atoms with E-state index in [1.165, 1.54) is 12.0 Å². The Bertz CT molecular complexity index is 1160. The molecule has 0 aromatic heterocycles. The van der Waals surface area contributed by atoms with Crippen molar-refractivity contribution in [2.24, 2.45) is 0 Å². The first-order chi connectivity index (χ1) is 17.9. The molecule has 0 unspecified atom stereocenters. The molecule has 0 aliphatic heterocycles. The minimum atomic E-state index is -0.580. The van der Waals surface area contributed by atoms with Crippen molar-refractivity contribution >= 4 is 11.8 Å². The van der Waals surface area contributed by atoms with Gasteiger partial charge in [0.05, 0.1) is 6.42 Å². The molecule has 1 atom stereocenters. The van der Waals surface area contributed by atoms with Gasteiger partial charge in [-0.05, 0) is 50.3 Å². The number of hydrogen-bond acceptors (Lipinski definition) is 2. The third-order valence-electron chi connectivity index (χ3n) is 7.33. The van der Waals surface area contributed by atoms with Crippen LogP contribution in [-0.4, -0.2) is 28.8 Å². The molecular formula is C33H40N2O2. The van der Waals surface area contributed by atoms with Gasteiger partial charge < -0.3 is 10.2 Å². The van der Waals surface area contributed by atoms with Crippen LogP contribution >= 0.6 is 0 Å². The Morgan fingerprint density at radius 2 is 1.43 bits per heavy atom. The van der Waals surface area contributed by atoms with Crippen LogP contribution in [0.1, 0.15) is 65.5 Å². The van der Waals surface area contributed by atoms with Crippen molar-refractivity contribution in [2.75, 3.05) is 0 Å². The molecule has 2 amide bonds. The first kappa shape index (κ1) is 26.7. The van der Waals surface area contributed by atoms with E-state index < -0.39 is 6.04 Å². The van der Waals surface area contributed by atoms with E-state index in [0.29, 0.717) is 13.0 Å². The van der Waals surface area contributed by atoms with Crippen LogP contribution in [0.2, 0.25) is 0 Å². The molecule has 37 heavy (non-hydrogen) atoms. The lowest BCUT2D eigenvalue weighted by molar-refractivity contribution is -0.141.